The van der Waals surface area contributed by atoms with E-state index in [1.807, 2.05) is 6.07 Å². The number of nitrogens with zero attached hydrogens (tertiary/aromatic N) is 2. The number of rotatable bonds is 5. The van der Waals surface area contributed by atoms with Crippen LogP contribution in [0.3, 0.4) is 0 Å². The van der Waals surface area contributed by atoms with Gasteiger partial charge in [0.05, 0.1) is 17.4 Å². The van der Waals surface area contributed by atoms with Crippen molar-refractivity contribution < 1.29 is 8.42 Å². The average Bonchev–Trinajstić information content (AvgIpc) is 3.05. The minimum atomic E-state index is -3.26. The summed E-state index contributed by atoms with van der Waals surface area (Å²) in [6.45, 7) is 2.76. The Bertz CT molecular complexity index is 587. The molecule has 0 spiro atoms. The number of hydrogen-bond acceptors (Lipinski definition) is 3. The van der Waals surface area contributed by atoms with E-state index in [-0.39, 0.29) is 5.75 Å². The Morgan fingerprint density at radius 3 is 2.42 bits per heavy atom. The molecule has 1 aromatic rings. The quantitative estimate of drug-likeness (QED) is 0.827. The van der Waals surface area contributed by atoms with Crippen LogP contribution in [-0.4, -0.2) is 26.3 Å². The molecule has 0 amide bonds. The van der Waals surface area contributed by atoms with E-state index in [9.17, 15) is 8.42 Å². The fraction of sp³-hybridized carbons (Fsp3) is 0.500. The molecule has 0 aliphatic heterocycles. The molecular formula is C14H18N2O2S. The van der Waals surface area contributed by atoms with Gasteiger partial charge < -0.3 is 0 Å². The van der Waals surface area contributed by atoms with Gasteiger partial charge in [-0.25, -0.2) is 12.7 Å². The fourth-order valence-electron chi connectivity index (χ4n) is 2.09. The highest BCUT2D eigenvalue weighted by atomic mass is 32.2. The number of sulfonamides is 1. The summed E-state index contributed by atoms with van der Waals surface area (Å²) in [6, 6.07) is 8.71. The molecule has 0 radical (unpaired) electrons. The summed E-state index contributed by atoms with van der Waals surface area (Å²) in [5, 5.41) is 8.70. The molecular weight excluding hydrogens is 260 g/mol. The average molecular weight is 278 g/mol. The normalized spacial score (nSPS) is 22.2. The summed E-state index contributed by atoms with van der Waals surface area (Å²) in [7, 11) is -1.62. The van der Waals surface area contributed by atoms with Crippen LogP contribution in [0.4, 0.5) is 0 Å². The van der Waals surface area contributed by atoms with E-state index < -0.39 is 10.0 Å². The molecule has 2 rings (SSSR count). The van der Waals surface area contributed by atoms with Crippen molar-refractivity contribution in [2.75, 3.05) is 13.6 Å². The molecule has 1 aromatic carbocycles. The van der Waals surface area contributed by atoms with Crippen molar-refractivity contribution in [3.63, 3.8) is 0 Å². The van der Waals surface area contributed by atoms with Gasteiger partial charge in [0.2, 0.25) is 10.0 Å². The standard InChI is InChI=1S/C14H18N2O2S/c1-11-7-14(11)9-16(2)19(17,18)10-13-5-3-12(8-15)4-6-13/h3-6,11,14H,7,9-10H2,1-2H3. The van der Waals surface area contributed by atoms with Crippen molar-refractivity contribution in [2.45, 2.75) is 19.1 Å². The second-order valence-corrected chi connectivity index (χ2v) is 7.39. The van der Waals surface area contributed by atoms with Gasteiger partial charge in [-0.2, -0.15) is 5.26 Å². The van der Waals surface area contributed by atoms with Crippen molar-refractivity contribution in [2.24, 2.45) is 11.8 Å². The van der Waals surface area contributed by atoms with Crippen LogP contribution in [0.1, 0.15) is 24.5 Å². The van der Waals surface area contributed by atoms with E-state index in [1.54, 1.807) is 31.3 Å². The van der Waals surface area contributed by atoms with E-state index in [1.165, 1.54) is 4.31 Å². The van der Waals surface area contributed by atoms with E-state index >= 15 is 0 Å². The Morgan fingerprint density at radius 1 is 1.37 bits per heavy atom. The minimum Gasteiger partial charge on any atom is -0.212 e. The van der Waals surface area contributed by atoms with E-state index in [0.29, 0.717) is 23.9 Å². The third kappa shape index (κ3) is 3.55. The summed E-state index contributed by atoms with van der Waals surface area (Å²) >= 11 is 0. The van der Waals surface area contributed by atoms with Crippen molar-refractivity contribution in [3.8, 4) is 6.07 Å². The van der Waals surface area contributed by atoms with Crippen LogP contribution < -0.4 is 0 Å². The maximum Gasteiger partial charge on any atom is 0.218 e. The first kappa shape index (κ1) is 14.0. The molecule has 0 aromatic heterocycles. The molecule has 0 heterocycles. The second-order valence-electron chi connectivity index (χ2n) is 5.32. The zero-order valence-corrected chi connectivity index (χ0v) is 12.0. The monoisotopic (exact) mass is 278 g/mol. The SMILES string of the molecule is CC1CC1CN(C)S(=O)(=O)Cc1ccc(C#N)cc1. The third-order valence-corrected chi connectivity index (χ3v) is 5.47. The number of nitriles is 1. The highest BCUT2D eigenvalue weighted by molar-refractivity contribution is 7.88. The Balaban J connectivity index is 2.01. The Hall–Kier alpha value is -1.38. The van der Waals surface area contributed by atoms with Crippen molar-refractivity contribution >= 4 is 10.0 Å². The maximum absolute atomic E-state index is 12.2. The molecule has 0 N–H and O–H groups in total. The smallest absolute Gasteiger partial charge is 0.212 e. The Kier molecular flexibility index (Phi) is 3.93. The van der Waals surface area contributed by atoms with Crippen LogP contribution in [-0.2, 0) is 15.8 Å². The molecule has 2 atom stereocenters. The topological polar surface area (TPSA) is 61.2 Å². The van der Waals surface area contributed by atoms with Gasteiger partial charge >= 0.3 is 0 Å². The first-order chi connectivity index (χ1) is 8.92. The van der Waals surface area contributed by atoms with Gasteiger partial charge in [0.15, 0.2) is 0 Å². The van der Waals surface area contributed by atoms with E-state index in [2.05, 4.69) is 6.92 Å². The highest BCUT2D eigenvalue weighted by Crippen LogP contribution is 2.38. The van der Waals surface area contributed by atoms with Gasteiger partial charge in [0.1, 0.15) is 0 Å². The Labute approximate surface area is 114 Å². The molecule has 102 valence electrons. The van der Waals surface area contributed by atoms with Crippen LogP contribution in [0.2, 0.25) is 0 Å². The van der Waals surface area contributed by atoms with Gasteiger partial charge in [0, 0.05) is 13.6 Å². The molecule has 1 saturated carbocycles. The lowest BCUT2D eigenvalue weighted by molar-refractivity contribution is 0.444. The van der Waals surface area contributed by atoms with Crippen LogP contribution in [0.5, 0.6) is 0 Å². The van der Waals surface area contributed by atoms with Gasteiger partial charge in [0.25, 0.3) is 0 Å². The lowest BCUT2D eigenvalue weighted by atomic mass is 10.2. The molecule has 1 aliphatic rings. The summed E-state index contributed by atoms with van der Waals surface area (Å²) in [5.41, 5.74) is 1.26. The van der Waals surface area contributed by atoms with Gasteiger partial charge in [-0.05, 0) is 36.0 Å². The van der Waals surface area contributed by atoms with Gasteiger partial charge in [-0.15, -0.1) is 0 Å². The molecule has 5 heteroatoms. The summed E-state index contributed by atoms with van der Waals surface area (Å²) in [5.74, 6) is 1.16. The fourth-order valence-corrected chi connectivity index (χ4v) is 3.35. The molecule has 1 fully saturated rings. The maximum atomic E-state index is 12.2. The third-order valence-electron chi connectivity index (χ3n) is 3.67. The van der Waals surface area contributed by atoms with Gasteiger partial charge in [-0.1, -0.05) is 19.1 Å². The van der Waals surface area contributed by atoms with Crippen molar-refractivity contribution in [3.05, 3.63) is 35.4 Å². The predicted molar refractivity (Wildman–Crippen MR) is 73.7 cm³/mol. The van der Waals surface area contributed by atoms with Crippen LogP contribution in [0, 0.1) is 23.2 Å². The summed E-state index contributed by atoms with van der Waals surface area (Å²) < 4.78 is 25.8. The van der Waals surface area contributed by atoms with E-state index in [4.69, 9.17) is 5.26 Å². The van der Waals surface area contributed by atoms with Crippen LogP contribution in [0.25, 0.3) is 0 Å². The lowest BCUT2D eigenvalue weighted by Gasteiger charge is -2.17. The predicted octanol–water partition coefficient (Wildman–Crippen LogP) is 1.98. The molecule has 4 nitrogen and oxygen atoms in total. The minimum absolute atomic E-state index is 0.00366. The zero-order chi connectivity index (χ0) is 14.0. The number of benzene rings is 1. The first-order valence-corrected chi connectivity index (χ1v) is 7.96. The molecule has 0 bridgehead atoms. The van der Waals surface area contributed by atoms with Crippen LogP contribution in [0.15, 0.2) is 24.3 Å². The molecule has 2 unspecified atom stereocenters. The number of hydrogen-bond donors (Lipinski definition) is 0. The van der Waals surface area contributed by atoms with Crippen molar-refractivity contribution in [1.82, 2.24) is 4.31 Å². The van der Waals surface area contributed by atoms with Crippen LogP contribution >= 0.6 is 0 Å². The van der Waals surface area contributed by atoms with Gasteiger partial charge in [-0.3, -0.25) is 0 Å². The zero-order valence-electron chi connectivity index (χ0n) is 11.2. The summed E-state index contributed by atoms with van der Waals surface area (Å²) in [6.07, 6.45) is 1.12. The van der Waals surface area contributed by atoms with E-state index in [0.717, 1.165) is 12.0 Å². The second kappa shape index (κ2) is 5.32. The Morgan fingerprint density at radius 2 is 1.95 bits per heavy atom. The van der Waals surface area contributed by atoms with Crippen molar-refractivity contribution in [1.29, 1.82) is 5.26 Å². The first-order valence-electron chi connectivity index (χ1n) is 6.35. The largest absolute Gasteiger partial charge is 0.218 e. The lowest BCUT2D eigenvalue weighted by Crippen LogP contribution is -2.30. The molecule has 0 saturated heterocycles. The molecule has 1 aliphatic carbocycles. The summed E-state index contributed by atoms with van der Waals surface area (Å²) in [4.78, 5) is 0. The molecule has 19 heavy (non-hydrogen) atoms. The highest BCUT2D eigenvalue weighted by Gasteiger charge is 2.35.